The van der Waals surface area contributed by atoms with E-state index in [1.54, 1.807) is 0 Å². The summed E-state index contributed by atoms with van der Waals surface area (Å²) in [5.41, 5.74) is 1.89. The van der Waals surface area contributed by atoms with E-state index in [4.69, 9.17) is 0 Å². The molecular formula is C18H28N2O. The third kappa shape index (κ3) is 4.07. The maximum atomic E-state index is 12.5. The van der Waals surface area contributed by atoms with Crippen molar-refractivity contribution < 1.29 is 4.79 Å². The lowest BCUT2D eigenvalue weighted by atomic mass is 9.93. The molecule has 1 aliphatic heterocycles. The van der Waals surface area contributed by atoms with E-state index in [2.05, 4.69) is 36.6 Å². The lowest BCUT2D eigenvalue weighted by molar-refractivity contribution is -0.122. The highest BCUT2D eigenvalue weighted by atomic mass is 16.2. The van der Waals surface area contributed by atoms with Crippen LogP contribution in [-0.4, -0.2) is 18.0 Å². The highest BCUT2D eigenvalue weighted by molar-refractivity contribution is 5.98. The van der Waals surface area contributed by atoms with Crippen molar-refractivity contribution in [2.75, 3.05) is 11.9 Å². The van der Waals surface area contributed by atoms with Crippen molar-refractivity contribution in [2.45, 2.75) is 64.3 Å². The van der Waals surface area contributed by atoms with Gasteiger partial charge in [-0.15, -0.1) is 0 Å². The molecule has 1 amide bonds. The van der Waals surface area contributed by atoms with Gasteiger partial charge >= 0.3 is 0 Å². The van der Waals surface area contributed by atoms with Gasteiger partial charge in [0.25, 0.3) is 0 Å². The number of anilines is 1. The molecule has 1 unspecified atom stereocenters. The van der Waals surface area contributed by atoms with E-state index < -0.39 is 0 Å². The van der Waals surface area contributed by atoms with E-state index in [9.17, 15) is 4.79 Å². The molecule has 1 aromatic rings. The lowest BCUT2D eigenvalue weighted by Gasteiger charge is -2.26. The van der Waals surface area contributed by atoms with Crippen LogP contribution in [-0.2, 0) is 11.2 Å². The number of carbonyl (C=O) groups excluding carboxylic acids is 1. The smallest absolute Gasteiger partial charge is 0.244 e. The lowest BCUT2D eigenvalue weighted by Crippen LogP contribution is -2.50. The second-order valence-corrected chi connectivity index (χ2v) is 6.07. The molecule has 2 rings (SSSR count). The van der Waals surface area contributed by atoms with Gasteiger partial charge in [-0.3, -0.25) is 4.79 Å². The summed E-state index contributed by atoms with van der Waals surface area (Å²) in [6.45, 7) is 5.24. The molecule has 1 heterocycles. The first kappa shape index (κ1) is 16.0. The number of aryl methyl sites for hydroxylation is 1. The molecule has 1 aromatic carbocycles. The monoisotopic (exact) mass is 288 g/mol. The summed E-state index contributed by atoms with van der Waals surface area (Å²) >= 11 is 0. The molecule has 1 saturated heterocycles. The summed E-state index contributed by atoms with van der Waals surface area (Å²) in [7, 11) is 0. The molecule has 0 aliphatic carbocycles. The Labute approximate surface area is 128 Å². The Balaban J connectivity index is 1.92. The Morgan fingerprint density at radius 1 is 1.24 bits per heavy atom. The molecule has 3 heteroatoms. The first-order valence-corrected chi connectivity index (χ1v) is 8.35. The number of benzene rings is 1. The fourth-order valence-electron chi connectivity index (χ4n) is 3.05. The molecule has 0 saturated carbocycles. The number of unbranched alkanes of at least 4 members (excludes halogenated alkanes) is 2. The Hall–Kier alpha value is -1.35. The maximum absolute atomic E-state index is 12.5. The van der Waals surface area contributed by atoms with Crippen LogP contribution in [0.2, 0.25) is 0 Å². The molecule has 0 aromatic heterocycles. The molecule has 1 atom stereocenters. The first-order chi connectivity index (χ1) is 10.2. The molecule has 0 spiro atoms. The summed E-state index contributed by atoms with van der Waals surface area (Å²) in [5, 5.41) is 6.44. The van der Waals surface area contributed by atoms with E-state index >= 15 is 0 Å². The number of rotatable bonds is 7. The molecule has 0 bridgehead atoms. The van der Waals surface area contributed by atoms with Crippen LogP contribution in [0, 0.1) is 0 Å². The van der Waals surface area contributed by atoms with Crippen molar-refractivity contribution in [3.05, 3.63) is 29.8 Å². The van der Waals surface area contributed by atoms with E-state index in [1.807, 2.05) is 12.1 Å². The zero-order valence-corrected chi connectivity index (χ0v) is 13.4. The molecule has 116 valence electrons. The fourth-order valence-corrected chi connectivity index (χ4v) is 3.05. The second-order valence-electron chi connectivity index (χ2n) is 6.07. The number of carbonyl (C=O) groups is 1. The minimum absolute atomic E-state index is 0.112. The van der Waals surface area contributed by atoms with E-state index in [0.717, 1.165) is 37.9 Å². The normalized spacial score (nSPS) is 21.4. The van der Waals surface area contributed by atoms with Crippen molar-refractivity contribution in [1.29, 1.82) is 0 Å². The highest BCUT2D eigenvalue weighted by Gasteiger charge is 2.38. The van der Waals surface area contributed by atoms with Crippen molar-refractivity contribution >= 4 is 11.6 Å². The number of hydrogen-bond donors (Lipinski definition) is 2. The molecule has 1 aliphatic rings. The molecule has 1 fully saturated rings. The van der Waals surface area contributed by atoms with Crippen LogP contribution in [0.4, 0.5) is 5.69 Å². The topological polar surface area (TPSA) is 41.1 Å². The van der Waals surface area contributed by atoms with Gasteiger partial charge in [0, 0.05) is 5.69 Å². The quantitative estimate of drug-likeness (QED) is 0.747. The summed E-state index contributed by atoms with van der Waals surface area (Å²) in [6.07, 6.45) is 7.76. The second kappa shape index (κ2) is 7.60. The predicted molar refractivity (Wildman–Crippen MR) is 88.6 cm³/mol. The standard InChI is InChI=1S/C18H28N2O/c1-3-5-6-8-15-9-11-16(12-10-15)20-17(21)18(4-2)13-7-14-19-18/h9-12,19H,3-8,13-14H2,1-2H3,(H,20,21). The third-order valence-corrected chi connectivity index (χ3v) is 4.56. The van der Waals surface area contributed by atoms with E-state index in [1.165, 1.54) is 24.8 Å². The molecule has 3 nitrogen and oxygen atoms in total. The summed E-state index contributed by atoms with van der Waals surface area (Å²) in [5.74, 6) is 0.112. The molecule has 21 heavy (non-hydrogen) atoms. The summed E-state index contributed by atoms with van der Waals surface area (Å²) in [6, 6.07) is 8.31. The van der Waals surface area contributed by atoms with Gasteiger partial charge in [-0.05, 0) is 56.3 Å². The van der Waals surface area contributed by atoms with Crippen molar-refractivity contribution in [3.8, 4) is 0 Å². The van der Waals surface area contributed by atoms with Crippen LogP contribution in [0.3, 0.4) is 0 Å². The average Bonchev–Trinajstić information content (AvgIpc) is 2.99. The average molecular weight is 288 g/mol. The summed E-state index contributed by atoms with van der Waals surface area (Å²) in [4.78, 5) is 12.5. The minimum atomic E-state index is -0.361. The SMILES string of the molecule is CCCCCc1ccc(NC(=O)C2(CC)CCCN2)cc1. The van der Waals surface area contributed by atoms with E-state index in [-0.39, 0.29) is 11.4 Å². The Morgan fingerprint density at radius 3 is 2.57 bits per heavy atom. The number of hydrogen-bond acceptors (Lipinski definition) is 2. The van der Waals surface area contributed by atoms with Crippen molar-refractivity contribution in [3.63, 3.8) is 0 Å². The van der Waals surface area contributed by atoms with Gasteiger partial charge in [0.2, 0.25) is 5.91 Å². The van der Waals surface area contributed by atoms with Gasteiger partial charge in [0.15, 0.2) is 0 Å². The Bertz CT molecular complexity index is 447. The zero-order chi connectivity index (χ0) is 15.1. The van der Waals surface area contributed by atoms with Crippen molar-refractivity contribution in [2.24, 2.45) is 0 Å². The Kier molecular flexibility index (Phi) is 5.80. The van der Waals surface area contributed by atoms with Crippen LogP contribution in [0.1, 0.15) is 57.9 Å². The van der Waals surface area contributed by atoms with Gasteiger partial charge in [-0.2, -0.15) is 0 Å². The first-order valence-electron chi connectivity index (χ1n) is 8.35. The van der Waals surface area contributed by atoms with Gasteiger partial charge in [-0.25, -0.2) is 0 Å². The van der Waals surface area contributed by atoms with Gasteiger partial charge in [-0.1, -0.05) is 38.8 Å². The number of nitrogens with one attached hydrogen (secondary N) is 2. The number of amides is 1. The van der Waals surface area contributed by atoms with Crippen LogP contribution < -0.4 is 10.6 Å². The summed E-state index contributed by atoms with van der Waals surface area (Å²) < 4.78 is 0. The van der Waals surface area contributed by atoms with Crippen molar-refractivity contribution in [1.82, 2.24) is 5.32 Å². The molecule has 0 radical (unpaired) electrons. The predicted octanol–water partition coefficient (Wildman–Crippen LogP) is 3.89. The Morgan fingerprint density at radius 2 is 2.00 bits per heavy atom. The molecule has 2 N–H and O–H groups in total. The minimum Gasteiger partial charge on any atom is -0.324 e. The van der Waals surface area contributed by atoms with Crippen LogP contribution >= 0.6 is 0 Å². The molecular weight excluding hydrogens is 260 g/mol. The third-order valence-electron chi connectivity index (χ3n) is 4.56. The highest BCUT2D eigenvalue weighted by Crippen LogP contribution is 2.25. The maximum Gasteiger partial charge on any atom is 0.244 e. The van der Waals surface area contributed by atoms with Crippen LogP contribution in [0.5, 0.6) is 0 Å². The van der Waals surface area contributed by atoms with Crippen LogP contribution in [0.15, 0.2) is 24.3 Å². The van der Waals surface area contributed by atoms with Gasteiger partial charge < -0.3 is 10.6 Å². The van der Waals surface area contributed by atoms with Gasteiger partial charge in [0.05, 0.1) is 5.54 Å². The van der Waals surface area contributed by atoms with E-state index in [0.29, 0.717) is 0 Å². The van der Waals surface area contributed by atoms with Crippen LogP contribution in [0.25, 0.3) is 0 Å². The zero-order valence-electron chi connectivity index (χ0n) is 13.4. The largest absolute Gasteiger partial charge is 0.324 e. The fraction of sp³-hybridized carbons (Fsp3) is 0.611. The van der Waals surface area contributed by atoms with Gasteiger partial charge in [0.1, 0.15) is 0 Å².